The number of benzene rings is 3. The molecule has 178 valence electrons. The van der Waals surface area contributed by atoms with Crippen molar-refractivity contribution in [1.29, 1.82) is 0 Å². The number of aliphatic hydroxyl groups is 1. The van der Waals surface area contributed by atoms with E-state index in [2.05, 4.69) is 6.58 Å². The fraction of sp³-hybridized carbons (Fsp3) is 0.172. The minimum absolute atomic E-state index is 0.0379. The van der Waals surface area contributed by atoms with Gasteiger partial charge in [0.1, 0.15) is 23.9 Å². The lowest BCUT2D eigenvalue weighted by molar-refractivity contribution is -0.140. The van der Waals surface area contributed by atoms with Crippen LogP contribution in [-0.4, -0.2) is 34.9 Å². The van der Waals surface area contributed by atoms with Gasteiger partial charge < -0.3 is 19.5 Å². The summed E-state index contributed by atoms with van der Waals surface area (Å²) < 4.78 is 11.2. The highest BCUT2D eigenvalue weighted by atomic mass is 16.5. The molecule has 3 aromatic rings. The van der Waals surface area contributed by atoms with Crippen molar-refractivity contribution >= 4 is 17.4 Å². The average Bonchev–Trinajstić information content (AvgIpc) is 3.13. The second kappa shape index (κ2) is 10.7. The van der Waals surface area contributed by atoms with Gasteiger partial charge in [0.25, 0.3) is 11.7 Å². The molecule has 35 heavy (non-hydrogen) atoms. The molecule has 1 unspecified atom stereocenters. The van der Waals surface area contributed by atoms with Crippen molar-refractivity contribution in [2.24, 2.45) is 0 Å². The lowest BCUT2D eigenvalue weighted by Gasteiger charge is -2.26. The van der Waals surface area contributed by atoms with Crippen LogP contribution >= 0.6 is 0 Å². The Morgan fingerprint density at radius 3 is 2.40 bits per heavy atom. The van der Waals surface area contributed by atoms with Crippen molar-refractivity contribution in [3.63, 3.8) is 0 Å². The molecule has 6 heteroatoms. The third-order valence-electron chi connectivity index (χ3n) is 5.72. The Labute approximate surface area is 204 Å². The summed E-state index contributed by atoms with van der Waals surface area (Å²) in [5.74, 6) is -0.395. The topological polar surface area (TPSA) is 76.1 Å². The Balaban J connectivity index is 1.81. The number of carbonyl (C=O) groups is 2. The maximum Gasteiger partial charge on any atom is 0.295 e. The number of ether oxygens (including phenoxy) is 2. The highest BCUT2D eigenvalue weighted by Crippen LogP contribution is 2.41. The molecule has 0 aliphatic carbocycles. The molecular formula is C29H27NO5. The van der Waals surface area contributed by atoms with E-state index in [4.69, 9.17) is 9.47 Å². The lowest BCUT2D eigenvalue weighted by atomic mass is 9.95. The van der Waals surface area contributed by atoms with Crippen molar-refractivity contribution in [2.45, 2.75) is 19.5 Å². The second-order valence-corrected chi connectivity index (χ2v) is 8.04. The van der Waals surface area contributed by atoms with Crippen LogP contribution < -0.4 is 9.47 Å². The van der Waals surface area contributed by atoms with Gasteiger partial charge in [-0.25, -0.2) is 0 Å². The van der Waals surface area contributed by atoms with Crippen LogP contribution in [0.25, 0.3) is 5.76 Å². The van der Waals surface area contributed by atoms with Crippen molar-refractivity contribution < 1.29 is 24.2 Å². The predicted octanol–water partition coefficient (Wildman–Crippen LogP) is 5.27. The molecule has 3 aromatic carbocycles. The standard InChI is InChI=1S/C29H27NO5/c1-3-17-35-24-12-8-11-22(18-24)26-25(27(31)21-13-15-23(16-14-21)34-4-2)28(32)29(33)30(26)19-20-9-6-5-7-10-20/h3,5-16,18,26,31H,1,4,17,19H2,2H3/b27-25+. The van der Waals surface area contributed by atoms with E-state index in [1.807, 2.05) is 43.3 Å². The first-order chi connectivity index (χ1) is 17.0. The molecule has 4 rings (SSSR count). The average molecular weight is 470 g/mol. The highest BCUT2D eigenvalue weighted by Gasteiger charge is 2.46. The summed E-state index contributed by atoms with van der Waals surface area (Å²) in [5.41, 5.74) is 2.00. The second-order valence-electron chi connectivity index (χ2n) is 8.04. The molecule has 1 saturated heterocycles. The van der Waals surface area contributed by atoms with Crippen molar-refractivity contribution in [2.75, 3.05) is 13.2 Å². The van der Waals surface area contributed by atoms with Gasteiger partial charge in [-0.1, -0.05) is 55.1 Å². The molecule has 1 fully saturated rings. The van der Waals surface area contributed by atoms with Gasteiger partial charge in [-0.05, 0) is 54.4 Å². The van der Waals surface area contributed by atoms with E-state index in [1.54, 1.807) is 48.5 Å². The Bertz CT molecular complexity index is 1250. The number of nitrogens with zero attached hydrogens (tertiary/aromatic N) is 1. The first kappa shape index (κ1) is 23.8. The summed E-state index contributed by atoms with van der Waals surface area (Å²) in [5, 5.41) is 11.3. The summed E-state index contributed by atoms with van der Waals surface area (Å²) in [6.45, 7) is 6.60. The number of amides is 1. The van der Waals surface area contributed by atoms with Crippen LogP contribution in [0.3, 0.4) is 0 Å². The highest BCUT2D eigenvalue weighted by molar-refractivity contribution is 6.46. The van der Waals surface area contributed by atoms with Crippen molar-refractivity contribution in [1.82, 2.24) is 4.90 Å². The molecule has 1 amide bonds. The molecule has 0 saturated carbocycles. The number of Topliss-reactive ketones (excluding diaryl/α,β-unsaturated/α-hetero) is 1. The van der Waals surface area contributed by atoms with Gasteiger partial charge in [-0.15, -0.1) is 0 Å². The van der Waals surface area contributed by atoms with Crippen LogP contribution in [0.1, 0.15) is 29.7 Å². The monoisotopic (exact) mass is 469 g/mol. The van der Waals surface area contributed by atoms with E-state index in [9.17, 15) is 14.7 Å². The Morgan fingerprint density at radius 1 is 0.971 bits per heavy atom. The summed E-state index contributed by atoms with van der Waals surface area (Å²) in [4.78, 5) is 27.9. The normalized spacial score (nSPS) is 16.8. The number of aliphatic hydroxyl groups excluding tert-OH is 1. The molecular weight excluding hydrogens is 442 g/mol. The molecule has 1 aliphatic rings. The predicted molar refractivity (Wildman–Crippen MR) is 134 cm³/mol. The number of rotatable bonds is 9. The van der Waals surface area contributed by atoms with E-state index in [0.717, 1.165) is 5.56 Å². The molecule has 0 spiro atoms. The van der Waals surface area contributed by atoms with Gasteiger partial charge in [-0.2, -0.15) is 0 Å². The zero-order chi connectivity index (χ0) is 24.8. The molecule has 0 radical (unpaired) electrons. The summed E-state index contributed by atoms with van der Waals surface area (Å²) in [7, 11) is 0. The fourth-order valence-corrected chi connectivity index (χ4v) is 4.13. The Kier molecular flexibility index (Phi) is 7.31. The zero-order valence-electron chi connectivity index (χ0n) is 19.5. The van der Waals surface area contributed by atoms with Gasteiger partial charge in [-0.3, -0.25) is 9.59 Å². The molecule has 1 atom stereocenters. The number of hydrogen-bond donors (Lipinski definition) is 1. The molecule has 0 bridgehead atoms. The smallest absolute Gasteiger partial charge is 0.295 e. The van der Waals surface area contributed by atoms with Crippen molar-refractivity contribution in [3.8, 4) is 11.5 Å². The van der Waals surface area contributed by atoms with Crippen LogP contribution in [0.2, 0.25) is 0 Å². The largest absolute Gasteiger partial charge is 0.507 e. The Hall–Kier alpha value is -4.32. The number of ketones is 1. The quantitative estimate of drug-likeness (QED) is 0.200. The summed E-state index contributed by atoms with van der Waals surface area (Å²) in [6, 6.07) is 22.6. The molecule has 1 N–H and O–H groups in total. The third kappa shape index (κ3) is 5.11. The number of hydrogen-bond acceptors (Lipinski definition) is 5. The molecule has 1 heterocycles. The molecule has 0 aromatic heterocycles. The minimum Gasteiger partial charge on any atom is -0.507 e. The number of likely N-dealkylation sites (tertiary alicyclic amines) is 1. The Morgan fingerprint density at radius 2 is 1.71 bits per heavy atom. The number of carbonyl (C=O) groups excluding carboxylic acids is 2. The first-order valence-corrected chi connectivity index (χ1v) is 11.4. The summed E-state index contributed by atoms with van der Waals surface area (Å²) >= 11 is 0. The van der Waals surface area contributed by atoms with Crippen LogP contribution in [0.5, 0.6) is 11.5 Å². The summed E-state index contributed by atoms with van der Waals surface area (Å²) in [6.07, 6.45) is 1.64. The van der Waals surface area contributed by atoms with Crippen LogP contribution in [-0.2, 0) is 16.1 Å². The van der Waals surface area contributed by atoms with Gasteiger partial charge in [0.05, 0.1) is 18.2 Å². The third-order valence-corrected chi connectivity index (χ3v) is 5.72. The maximum absolute atomic E-state index is 13.3. The van der Waals surface area contributed by atoms with Crippen LogP contribution in [0.15, 0.2) is 97.1 Å². The van der Waals surface area contributed by atoms with Gasteiger partial charge in [0.15, 0.2) is 0 Å². The van der Waals surface area contributed by atoms with Crippen LogP contribution in [0.4, 0.5) is 0 Å². The van der Waals surface area contributed by atoms with E-state index in [0.29, 0.717) is 35.8 Å². The maximum atomic E-state index is 13.3. The van der Waals surface area contributed by atoms with Gasteiger partial charge in [0.2, 0.25) is 0 Å². The molecule has 6 nitrogen and oxygen atoms in total. The van der Waals surface area contributed by atoms with Gasteiger partial charge >= 0.3 is 0 Å². The zero-order valence-corrected chi connectivity index (χ0v) is 19.5. The van der Waals surface area contributed by atoms with E-state index in [-0.39, 0.29) is 17.9 Å². The van der Waals surface area contributed by atoms with Gasteiger partial charge in [0, 0.05) is 12.1 Å². The van der Waals surface area contributed by atoms with E-state index in [1.165, 1.54) is 4.90 Å². The van der Waals surface area contributed by atoms with E-state index < -0.39 is 17.7 Å². The fourth-order valence-electron chi connectivity index (χ4n) is 4.13. The molecule has 1 aliphatic heterocycles. The lowest BCUT2D eigenvalue weighted by Crippen LogP contribution is -2.29. The van der Waals surface area contributed by atoms with Crippen molar-refractivity contribution in [3.05, 3.63) is 114 Å². The van der Waals surface area contributed by atoms with E-state index >= 15 is 0 Å². The first-order valence-electron chi connectivity index (χ1n) is 11.4. The van der Waals surface area contributed by atoms with Crippen LogP contribution in [0, 0.1) is 0 Å². The minimum atomic E-state index is -0.783. The SMILES string of the molecule is C=CCOc1cccc(C2/C(=C(\O)c3ccc(OCC)cc3)C(=O)C(=O)N2Cc2ccccc2)c1.